The number of aromatic nitrogens is 2. The van der Waals surface area contributed by atoms with Crippen LogP contribution in [0.2, 0.25) is 0 Å². The lowest BCUT2D eigenvalue weighted by molar-refractivity contribution is -0.383. The molecule has 0 unspecified atom stereocenters. The first-order chi connectivity index (χ1) is 15.1. The highest BCUT2D eigenvalue weighted by atomic mass is 19.1. The van der Waals surface area contributed by atoms with Gasteiger partial charge in [-0.2, -0.15) is 0 Å². The van der Waals surface area contributed by atoms with Gasteiger partial charge in [0.2, 0.25) is 11.6 Å². The molecule has 0 radical (unpaired) electrons. The second-order valence-corrected chi connectivity index (χ2v) is 7.24. The van der Waals surface area contributed by atoms with Crippen LogP contribution in [0.15, 0.2) is 54.9 Å². The fourth-order valence-corrected chi connectivity index (χ4v) is 3.77. The van der Waals surface area contributed by atoms with Crippen LogP contribution in [0.3, 0.4) is 0 Å². The lowest BCUT2D eigenvalue weighted by Gasteiger charge is -2.36. The number of aryl methyl sites for hydroxylation is 1. The van der Waals surface area contributed by atoms with E-state index in [4.69, 9.17) is 0 Å². The van der Waals surface area contributed by atoms with Crippen molar-refractivity contribution in [3.8, 4) is 0 Å². The summed E-state index contributed by atoms with van der Waals surface area (Å²) < 4.78 is 13.2. The van der Waals surface area contributed by atoms with Crippen LogP contribution in [0.1, 0.15) is 12.5 Å². The fourth-order valence-electron chi connectivity index (χ4n) is 3.77. The summed E-state index contributed by atoms with van der Waals surface area (Å²) >= 11 is 0. The van der Waals surface area contributed by atoms with E-state index in [0.29, 0.717) is 32.0 Å². The van der Waals surface area contributed by atoms with E-state index in [1.54, 1.807) is 12.1 Å². The van der Waals surface area contributed by atoms with Crippen LogP contribution in [-0.4, -0.2) is 41.1 Å². The van der Waals surface area contributed by atoms with E-state index in [0.717, 1.165) is 23.4 Å². The molecule has 160 valence electrons. The Morgan fingerprint density at radius 3 is 2.39 bits per heavy atom. The number of hydrogen-bond acceptors (Lipinski definition) is 7. The fraction of sp³-hybridized carbons (Fsp3) is 0.273. The number of hydrogen-bond donors (Lipinski definition) is 1. The largest absolute Gasteiger partial charge is 0.368 e. The Morgan fingerprint density at radius 1 is 1.03 bits per heavy atom. The zero-order chi connectivity index (χ0) is 21.8. The van der Waals surface area contributed by atoms with Gasteiger partial charge in [0, 0.05) is 37.6 Å². The molecule has 2 heterocycles. The van der Waals surface area contributed by atoms with Gasteiger partial charge in [-0.25, -0.2) is 14.4 Å². The first-order valence-electron chi connectivity index (χ1n) is 10.2. The van der Waals surface area contributed by atoms with Crippen molar-refractivity contribution >= 4 is 28.7 Å². The van der Waals surface area contributed by atoms with Crippen molar-refractivity contribution < 1.29 is 9.31 Å². The summed E-state index contributed by atoms with van der Waals surface area (Å²) in [5, 5.41) is 15.1. The number of anilines is 4. The van der Waals surface area contributed by atoms with Crippen molar-refractivity contribution in [1.82, 2.24) is 9.97 Å². The van der Waals surface area contributed by atoms with Gasteiger partial charge in [0.1, 0.15) is 12.1 Å². The SMILES string of the molecule is CCc1ccccc1Nc1ncnc(N2CCN(c3ccc(F)cc3)CC2)c1[N+](=O)[O-]. The highest BCUT2D eigenvalue weighted by Crippen LogP contribution is 2.35. The normalized spacial score (nSPS) is 13.9. The topological polar surface area (TPSA) is 87.4 Å². The molecule has 0 amide bonds. The van der Waals surface area contributed by atoms with Crippen LogP contribution in [-0.2, 0) is 6.42 Å². The first kappa shape index (κ1) is 20.5. The predicted molar refractivity (Wildman–Crippen MR) is 119 cm³/mol. The minimum absolute atomic E-state index is 0.136. The van der Waals surface area contributed by atoms with Gasteiger partial charge in [0.15, 0.2) is 0 Å². The van der Waals surface area contributed by atoms with Gasteiger partial charge >= 0.3 is 5.69 Å². The number of nitrogens with one attached hydrogen (secondary N) is 1. The maximum atomic E-state index is 13.2. The third kappa shape index (κ3) is 4.40. The first-order valence-corrected chi connectivity index (χ1v) is 10.2. The van der Waals surface area contributed by atoms with E-state index in [1.165, 1.54) is 18.5 Å². The van der Waals surface area contributed by atoms with Crippen LogP contribution < -0.4 is 15.1 Å². The molecule has 1 saturated heterocycles. The van der Waals surface area contributed by atoms with Gasteiger partial charge in [0.25, 0.3) is 0 Å². The molecule has 3 aromatic rings. The van der Waals surface area contributed by atoms with Crippen molar-refractivity contribution in [3.05, 3.63) is 76.4 Å². The average molecular weight is 422 g/mol. The Kier molecular flexibility index (Phi) is 5.92. The lowest BCUT2D eigenvalue weighted by atomic mass is 10.1. The van der Waals surface area contributed by atoms with Crippen LogP contribution in [0.25, 0.3) is 0 Å². The number of nitrogens with zero attached hydrogens (tertiary/aromatic N) is 5. The number of piperazine rings is 1. The monoisotopic (exact) mass is 422 g/mol. The molecule has 1 N–H and O–H groups in total. The molecule has 0 aliphatic carbocycles. The summed E-state index contributed by atoms with van der Waals surface area (Å²) in [5.41, 5.74) is 2.63. The molecule has 8 nitrogen and oxygen atoms in total. The van der Waals surface area contributed by atoms with Crippen LogP contribution >= 0.6 is 0 Å². The van der Waals surface area contributed by atoms with Gasteiger partial charge in [0.05, 0.1) is 4.92 Å². The van der Waals surface area contributed by atoms with E-state index in [9.17, 15) is 14.5 Å². The van der Waals surface area contributed by atoms with E-state index in [2.05, 4.69) is 20.2 Å². The molecule has 0 atom stereocenters. The molecular weight excluding hydrogens is 399 g/mol. The summed E-state index contributed by atoms with van der Waals surface area (Å²) in [6, 6.07) is 14.0. The second-order valence-electron chi connectivity index (χ2n) is 7.24. The number of para-hydroxylation sites is 1. The summed E-state index contributed by atoms with van der Waals surface area (Å²) in [4.78, 5) is 24.0. The Bertz CT molecular complexity index is 1070. The predicted octanol–water partition coefficient (Wildman–Crippen LogP) is 4.16. The third-order valence-corrected chi connectivity index (χ3v) is 5.41. The summed E-state index contributed by atoms with van der Waals surface area (Å²) in [5.74, 6) is 0.204. The molecule has 0 saturated carbocycles. The number of benzene rings is 2. The smallest absolute Gasteiger partial charge is 0.353 e. The number of halogens is 1. The number of nitro groups is 1. The second kappa shape index (κ2) is 8.95. The molecule has 1 fully saturated rings. The van der Waals surface area contributed by atoms with Gasteiger partial charge in [-0.1, -0.05) is 25.1 Å². The number of rotatable bonds is 6. The molecule has 1 aliphatic rings. The maximum Gasteiger partial charge on any atom is 0.353 e. The molecule has 1 aliphatic heterocycles. The Hall–Kier alpha value is -3.75. The lowest BCUT2D eigenvalue weighted by Crippen LogP contribution is -2.47. The van der Waals surface area contributed by atoms with Crippen LogP contribution in [0, 0.1) is 15.9 Å². The Morgan fingerprint density at radius 2 is 1.71 bits per heavy atom. The van der Waals surface area contributed by atoms with Crippen molar-refractivity contribution in [2.24, 2.45) is 0 Å². The minimum atomic E-state index is -0.432. The zero-order valence-corrected chi connectivity index (χ0v) is 17.2. The summed E-state index contributed by atoms with van der Waals surface area (Å²) in [7, 11) is 0. The zero-order valence-electron chi connectivity index (χ0n) is 17.2. The van der Waals surface area contributed by atoms with Crippen molar-refractivity contribution in [2.75, 3.05) is 41.3 Å². The quantitative estimate of drug-likeness (QED) is 0.471. The Balaban J connectivity index is 1.57. The summed E-state index contributed by atoms with van der Waals surface area (Å²) in [6.45, 7) is 4.43. The molecule has 0 spiro atoms. The van der Waals surface area contributed by atoms with E-state index in [-0.39, 0.29) is 17.3 Å². The summed E-state index contributed by atoms with van der Waals surface area (Å²) in [6.07, 6.45) is 2.14. The molecular formula is C22H23FN6O2. The van der Waals surface area contributed by atoms with E-state index >= 15 is 0 Å². The molecule has 9 heteroatoms. The molecule has 2 aromatic carbocycles. The molecule has 0 bridgehead atoms. The minimum Gasteiger partial charge on any atom is -0.368 e. The van der Waals surface area contributed by atoms with Gasteiger partial charge < -0.3 is 15.1 Å². The van der Waals surface area contributed by atoms with Crippen LogP contribution in [0.4, 0.5) is 33.1 Å². The third-order valence-electron chi connectivity index (χ3n) is 5.41. The van der Waals surface area contributed by atoms with Crippen molar-refractivity contribution in [2.45, 2.75) is 13.3 Å². The standard InChI is InChI=1S/C22H23FN6O2/c1-2-16-5-3-4-6-19(16)26-21-20(29(30)31)22(25-15-24-21)28-13-11-27(12-14-28)18-9-7-17(23)8-10-18/h3-10,15H,2,11-14H2,1H3,(H,24,25,26). The van der Waals surface area contributed by atoms with E-state index in [1.807, 2.05) is 36.1 Å². The Labute approximate surface area is 179 Å². The molecule has 31 heavy (non-hydrogen) atoms. The van der Waals surface area contributed by atoms with Gasteiger partial charge in [-0.3, -0.25) is 10.1 Å². The van der Waals surface area contributed by atoms with Crippen molar-refractivity contribution in [3.63, 3.8) is 0 Å². The highest BCUT2D eigenvalue weighted by Gasteiger charge is 2.29. The molecule has 1 aromatic heterocycles. The maximum absolute atomic E-state index is 13.2. The van der Waals surface area contributed by atoms with E-state index < -0.39 is 4.92 Å². The van der Waals surface area contributed by atoms with Gasteiger partial charge in [-0.05, 0) is 42.3 Å². The van der Waals surface area contributed by atoms with Crippen molar-refractivity contribution in [1.29, 1.82) is 0 Å². The van der Waals surface area contributed by atoms with Gasteiger partial charge in [-0.15, -0.1) is 0 Å². The van der Waals surface area contributed by atoms with Crippen LogP contribution in [0.5, 0.6) is 0 Å². The molecule has 4 rings (SSSR count). The highest BCUT2D eigenvalue weighted by molar-refractivity contribution is 5.75. The average Bonchev–Trinajstić information content (AvgIpc) is 2.80.